The van der Waals surface area contributed by atoms with Gasteiger partial charge in [-0.05, 0) is 50.3 Å². The zero-order valence-electron chi connectivity index (χ0n) is 17.8. The highest BCUT2D eigenvalue weighted by molar-refractivity contribution is 7.91. The van der Waals surface area contributed by atoms with Crippen molar-refractivity contribution in [3.05, 3.63) is 40.8 Å². The molecule has 2 aliphatic heterocycles. The summed E-state index contributed by atoms with van der Waals surface area (Å²) in [4.78, 5) is 12.9. The predicted octanol–water partition coefficient (Wildman–Crippen LogP) is 3.19. The van der Waals surface area contributed by atoms with Crippen LogP contribution in [0.4, 0.5) is 0 Å². The van der Waals surface area contributed by atoms with Crippen LogP contribution in [-0.2, 0) is 27.8 Å². The van der Waals surface area contributed by atoms with Gasteiger partial charge in [0.25, 0.3) is 10.0 Å². The van der Waals surface area contributed by atoms with Gasteiger partial charge in [0.15, 0.2) is 0 Å². The van der Waals surface area contributed by atoms with Gasteiger partial charge in [0, 0.05) is 37.2 Å². The molecular formula is C22H28N2O5S2. The van der Waals surface area contributed by atoms with E-state index >= 15 is 0 Å². The molecule has 3 heterocycles. The van der Waals surface area contributed by atoms with Crippen molar-refractivity contribution < 1.29 is 22.7 Å². The first-order valence-electron chi connectivity index (χ1n) is 10.6. The van der Waals surface area contributed by atoms with Crippen LogP contribution in [0.5, 0.6) is 11.5 Å². The summed E-state index contributed by atoms with van der Waals surface area (Å²) in [5, 5.41) is 4.73. The molecule has 9 heteroatoms. The van der Waals surface area contributed by atoms with E-state index < -0.39 is 10.0 Å². The molecule has 0 aliphatic carbocycles. The quantitative estimate of drug-likeness (QED) is 0.680. The van der Waals surface area contributed by atoms with Crippen molar-refractivity contribution >= 4 is 27.3 Å². The van der Waals surface area contributed by atoms with Crippen LogP contribution in [-0.4, -0.2) is 44.4 Å². The van der Waals surface area contributed by atoms with E-state index in [0.717, 1.165) is 29.0 Å². The third-order valence-electron chi connectivity index (χ3n) is 5.68. The van der Waals surface area contributed by atoms with Crippen molar-refractivity contribution in [2.75, 3.05) is 19.7 Å². The van der Waals surface area contributed by atoms with E-state index in [2.05, 4.69) is 5.32 Å². The Labute approximate surface area is 187 Å². The number of thiophene rings is 1. The Morgan fingerprint density at radius 1 is 1.39 bits per heavy atom. The zero-order chi connectivity index (χ0) is 22.0. The second-order valence-corrected chi connectivity index (χ2v) is 11.1. The minimum atomic E-state index is -3.54. The van der Waals surface area contributed by atoms with Crippen molar-refractivity contribution in [3.63, 3.8) is 0 Å². The molecular weight excluding hydrogens is 436 g/mol. The van der Waals surface area contributed by atoms with Crippen LogP contribution in [0.3, 0.4) is 0 Å². The minimum absolute atomic E-state index is 0.132. The number of benzene rings is 1. The minimum Gasteiger partial charge on any atom is -0.494 e. The van der Waals surface area contributed by atoms with Gasteiger partial charge >= 0.3 is 0 Å². The predicted molar refractivity (Wildman–Crippen MR) is 119 cm³/mol. The second-order valence-electron chi connectivity index (χ2n) is 7.99. The molecule has 2 atom stereocenters. The van der Waals surface area contributed by atoms with Crippen molar-refractivity contribution in [1.29, 1.82) is 0 Å². The topological polar surface area (TPSA) is 84.9 Å². The molecule has 1 aromatic heterocycles. The standard InChI is InChI=1S/C22H28N2O5S2/c1-3-28-19-11-17-10-15(2)29-20(17)12-18(19)13-23-22(25)16-6-4-8-24(14-16)31(26,27)21-7-5-9-30-21/h5,7,9,11-12,15-16H,3-4,6,8,10,13-14H2,1-2H3,(H,23,25)/t15-,16+/m0/s1. The number of carbonyl (C=O) groups is 1. The number of sulfonamides is 1. The number of fused-ring (bicyclic) bond motifs is 1. The fourth-order valence-corrected chi connectivity index (χ4v) is 6.82. The molecule has 7 nitrogen and oxygen atoms in total. The summed E-state index contributed by atoms with van der Waals surface area (Å²) >= 11 is 1.20. The maximum absolute atomic E-state index is 12.9. The molecule has 1 saturated heterocycles. The van der Waals surface area contributed by atoms with Crippen molar-refractivity contribution in [1.82, 2.24) is 9.62 Å². The van der Waals surface area contributed by atoms with E-state index in [4.69, 9.17) is 9.47 Å². The highest BCUT2D eigenvalue weighted by Crippen LogP contribution is 2.35. The van der Waals surface area contributed by atoms with Crippen molar-refractivity contribution in [3.8, 4) is 11.5 Å². The van der Waals surface area contributed by atoms with E-state index in [0.29, 0.717) is 36.7 Å². The first-order valence-corrected chi connectivity index (χ1v) is 13.0. The summed E-state index contributed by atoms with van der Waals surface area (Å²) in [7, 11) is -3.54. The van der Waals surface area contributed by atoms with Gasteiger partial charge in [-0.3, -0.25) is 4.79 Å². The van der Waals surface area contributed by atoms with Crippen LogP contribution in [0, 0.1) is 5.92 Å². The van der Waals surface area contributed by atoms with E-state index in [1.807, 2.05) is 26.0 Å². The lowest BCUT2D eigenvalue weighted by Gasteiger charge is -2.30. The van der Waals surface area contributed by atoms with Crippen LogP contribution in [0.1, 0.15) is 37.8 Å². The van der Waals surface area contributed by atoms with Gasteiger partial charge in [0.2, 0.25) is 5.91 Å². The number of ether oxygens (including phenoxy) is 2. The highest BCUT2D eigenvalue weighted by Gasteiger charge is 2.34. The molecule has 0 bridgehead atoms. The Bertz CT molecular complexity index is 1040. The van der Waals surface area contributed by atoms with Crippen LogP contribution >= 0.6 is 11.3 Å². The molecule has 1 N–H and O–H groups in total. The Hall–Kier alpha value is -2.10. The number of hydrogen-bond donors (Lipinski definition) is 1. The van der Waals surface area contributed by atoms with Crippen molar-refractivity contribution in [2.24, 2.45) is 5.92 Å². The van der Waals surface area contributed by atoms with Gasteiger partial charge in [0.05, 0.1) is 12.5 Å². The number of nitrogens with zero attached hydrogens (tertiary/aromatic N) is 1. The number of hydrogen-bond acceptors (Lipinski definition) is 6. The van der Waals surface area contributed by atoms with Gasteiger partial charge < -0.3 is 14.8 Å². The third-order valence-corrected chi connectivity index (χ3v) is 8.91. The Morgan fingerprint density at radius 3 is 2.97 bits per heavy atom. The SMILES string of the molecule is CCOc1cc2c(cc1CNC(=O)[C@@H]1CCCN(S(=O)(=O)c3cccs3)C1)O[C@@H](C)C2. The van der Waals surface area contributed by atoms with E-state index in [-0.39, 0.29) is 24.5 Å². The fourth-order valence-electron chi connectivity index (χ4n) is 4.15. The zero-order valence-corrected chi connectivity index (χ0v) is 19.4. The summed E-state index contributed by atoms with van der Waals surface area (Å²) in [5.74, 6) is 1.09. The number of nitrogens with one attached hydrogen (secondary N) is 1. The van der Waals surface area contributed by atoms with Crippen LogP contribution in [0.15, 0.2) is 33.9 Å². The lowest BCUT2D eigenvalue weighted by atomic mass is 9.98. The van der Waals surface area contributed by atoms with Crippen molar-refractivity contribution in [2.45, 2.75) is 50.0 Å². The van der Waals surface area contributed by atoms with Gasteiger partial charge in [-0.1, -0.05) is 6.07 Å². The Kier molecular flexibility index (Phi) is 6.55. The van der Waals surface area contributed by atoms with Crippen LogP contribution < -0.4 is 14.8 Å². The number of rotatable bonds is 7. The molecule has 4 rings (SSSR count). The van der Waals surface area contributed by atoms with E-state index in [1.54, 1.807) is 17.5 Å². The van der Waals surface area contributed by atoms with Gasteiger partial charge in [-0.25, -0.2) is 8.42 Å². The van der Waals surface area contributed by atoms with Gasteiger partial charge in [-0.15, -0.1) is 11.3 Å². The summed E-state index contributed by atoms with van der Waals surface area (Å²) in [6.07, 6.45) is 2.31. The Balaban J connectivity index is 1.43. The maximum Gasteiger partial charge on any atom is 0.252 e. The smallest absolute Gasteiger partial charge is 0.252 e. The normalized spacial score (nSPS) is 21.4. The molecule has 1 aromatic carbocycles. The summed E-state index contributed by atoms with van der Waals surface area (Å²) in [6.45, 7) is 5.45. The van der Waals surface area contributed by atoms with E-state index in [1.165, 1.54) is 15.6 Å². The molecule has 0 saturated carbocycles. The molecule has 168 valence electrons. The molecule has 1 amide bonds. The van der Waals surface area contributed by atoms with Crippen LogP contribution in [0.25, 0.3) is 0 Å². The molecule has 2 aliphatic rings. The first kappa shape index (κ1) is 22.1. The first-order chi connectivity index (χ1) is 14.9. The lowest BCUT2D eigenvalue weighted by molar-refractivity contribution is -0.126. The van der Waals surface area contributed by atoms with Crippen LogP contribution in [0.2, 0.25) is 0 Å². The van der Waals surface area contributed by atoms with Gasteiger partial charge in [-0.2, -0.15) is 4.31 Å². The Morgan fingerprint density at radius 2 is 2.23 bits per heavy atom. The maximum atomic E-state index is 12.9. The molecule has 0 unspecified atom stereocenters. The molecule has 2 aromatic rings. The molecule has 31 heavy (non-hydrogen) atoms. The van der Waals surface area contributed by atoms with E-state index in [9.17, 15) is 13.2 Å². The second kappa shape index (κ2) is 9.18. The lowest BCUT2D eigenvalue weighted by Crippen LogP contribution is -2.45. The average molecular weight is 465 g/mol. The summed E-state index contributed by atoms with van der Waals surface area (Å²) < 4.78 is 39.0. The summed E-state index contributed by atoms with van der Waals surface area (Å²) in [6, 6.07) is 7.27. The number of piperidine rings is 1. The number of amides is 1. The fraction of sp³-hybridized carbons (Fsp3) is 0.500. The molecule has 1 fully saturated rings. The average Bonchev–Trinajstić information content (AvgIpc) is 3.41. The van der Waals surface area contributed by atoms with Gasteiger partial charge in [0.1, 0.15) is 21.8 Å². The number of carbonyl (C=O) groups excluding carboxylic acids is 1. The molecule has 0 radical (unpaired) electrons. The monoisotopic (exact) mass is 464 g/mol. The third kappa shape index (κ3) is 4.73. The summed E-state index contributed by atoms with van der Waals surface area (Å²) in [5.41, 5.74) is 1.98. The largest absolute Gasteiger partial charge is 0.494 e. The highest BCUT2D eigenvalue weighted by atomic mass is 32.2. The molecule has 0 spiro atoms.